The van der Waals surface area contributed by atoms with Crippen LogP contribution in [0.1, 0.15) is 55.4 Å². The Morgan fingerprint density at radius 1 is 1.30 bits per heavy atom. The molecule has 0 saturated carbocycles. The maximum Gasteiger partial charge on any atom is 0.171 e. The third kappa shape index (κ3) is 3.08. The van der Waals surface area contributed by atoms with Gasteiger partial charge in [0.2, 0.25) is 0 Å². The summed E-state index contributed by atoms with van der Waals surface area (Å²) in [5.41, 5.74) is 5.13. The van der Waals surface area contributed by atoms with E-state index in [1.807, 2.05) is 6.07 Å². The number of aromatic nitrogens is 4. The van der Waals surface area contributed by atoms with Gasteiger partial charge in [0.25, 0.3) is 0 Å². The zero-order valence-corrected chi connectivity index (χ0v) is 19.0. The minimum absolute atomic E-state index is 0.0257. The highest BCUT2D eigenvalue weighted by molar-refractivity contribution is 5.75. The number of likely N-dealkylation sites (tertiary alicyclic amines) is 1. The zero-order valence-electron chi connectivity index (χ0n) is 19.0. The van der Waals surface area contributed by atoms with E-state index in [0.29, 0.717) is 24.3 Å². The molecular formula is C24H28FN7O. The maximum absolute atomic E-state index is 14.7. The van der Waals surface area contributed by atoms with Crippen LogP contribution in [0.2, 0.25) is 0 Å². The summed E-state index contributed by atoms with van der Waals surface area (Å²) in [6.45, 7) is 7.49. The van der Waals surface area contributed by atoms with Crippen molar-refractivity contribution in [2.24, 2.45) is 0 Å². The Kier molecular flexibility index (Phi) is 4.55. The van der Waals surface area contributed by atoms with E-state index in [1.54, 1.807) is 6.07 Å². The van der Waals surface area contributed by atoms with Gasteiger partial charge in [-0.2, -0.15) is 15.5 Å². The predicted molar refractivity (Wildman–Crippen MR) is 120 cm³/mol. The van der Waals surface area contributed by atoms with Crippen molar-refractivity contribution in [3.8, 4) is 6.07 Å². The summed E-state index contributed by atoms with van der Waals surface area (Å²) in [5.74, 6) is -0.417. The van der Waals surface area contributed by atoms with Crippen molar-refractivity contribution < 1.29 is 9.50 Å². The number of aliphatic hydroxyl groups excluding tert-OH is 1. The van der Waals surface area contributed by atoms with E-state index < -0.39 is 5.82 Å². The molecule has 8 nitrogen and oxygen atoms in total. The fourth-order valence-corrected chi connectivity index (χ4v) is 6.08. The van der Waals surface area contributed by atoms with Gasteiger partial charge in [-0.15, -0.1) is 0 Å². The first-order valence-electron chi connectivity index (χ1n) is 11.7. The molecule has 9 heteroatoms. The van der Waals surface area contributed by atoms with Crippen molar-refractivity contribution in [2.45, 2.75) is 63.8 Å². The lowest BCUT2D eigenvalue weighted by atomic mass is 9.80. The molecule has 3 aliphatic rings. The second-order valence-corrected chi connectivity index (χ2v) is 10.1. The largest absolute Gasteiger partial charge is 0.392 e. The monoisotopic (exact) mass is 449 g/mol. The van der Waals surface area contributed by atoms with Gasteiger partial charge in [-0.25, -0.2) is 8.91 Å². The van der Waals surface area contributed by atoms with E-state index in [-0.39, 0.29) is 17.7 Å². The lowest BCUT2D eigenvalue weighted by molar-refractivity contribution is 0.0924. The van der Waals surface area contributed by atoms with Gasteiger partial charge in [0, 0.05) is 31.6 Å². The number of aliphatic hydroxyl groups is 1. The fraction of sp³-hybridized carbons (Fsp3) is 0.542. The Labute approximate surface area is 191 Å². The van der Waals surface area contributed by atoms with Crippen LogP contribution >= 0.6 is 0 Å². The van der Waals surface area contributed by atoms with Gasteiger partial charge in [0.15, 0.2) is 5.82 Å². The van der Waals surface area contributed by atoms with E-state index in [1.165, 1.54) is 22.0 Å². The molecule has 1 unspecified atom stereocenters. The van der Waals surface area contributed by atoms with Crippen LogP contribution in [0.4, 0.5) is 10.1 Å². The van der Waals surface area contributed by atoms with Gasteiger partial charge in [0.1, 0.15) is 17.3 Å². The molecule has 172 valence electrons. The van der Waals surface area contributed by atoms with Gasteiger partial charge >= 0.3 is 0 Å². The molecule has 0 amide bonds. The molecule has 5 heterocycles. The van der Waals surface area contributed by atoms with Crippen LogP contribution in [0.3, 0.4) is 0 Å². The molecule has 0 radical (unpaired) electrons. The SMILES string of the molecule is C[C@@H]1CN(c2ccc(C#N)n3ncc(F)c23)Cc2c3c(nn21)C[C@@](C)(N1CCC(O)C1)CC3. The molecule has 1 saturated heterocycles. The van der Waals surface area contributed by atoms with Crippen molar-refractivity contribution in [1.82, 2.24) is 24.3 Å². The molecule has 3 atom stereocenters. The van der Waals surface area contributed by atoms with E-state index in [0.717, 1.165) is 50.2 Å². The van der Waals surface area contributed by atoms with Gasteiger partial charge in [-0.05, 0) is 50.8 Å². The molecular weight excluding hydrogens is 421 g/mol. The minimum atomic E-state index is -0.417. The molecule has 0 bridgehead atoms. The van der Waals surface area contributed by atoms with Crippen LogP contribution in [-0.4, -0.2) is 60.7 Å². The lowest BCUT2D eigenvalue weighted by Gasteiger charge is -2.41. The van der Waals surface area contributed by atoms with Gasteiger partial charge in [0.05, 0.1) is 42.0 Å². The Bertz CT molecular complexity index is 1290. The first-order valence-corrected chi connectivity index (χ1v) is 11.7. The second kappa shape index (κ2) is 7.27. The zero-order chi connectivity index (χ0) is 22.9. The van der Waals surface area contributed by atoms with Crippen molar-refractivity contribution in [1.29, 1.82) is 5.26 Å². The molecule has 3 aromatic rings. The average Bonchev–Trinajstić information content (AvgIpc) is 3.50. The number of anilines is 1. The third-order valence-corrected chi connectivity index (χ3v) is 7.88. The first-order chi connectivity index (χ1) is 15.9. The topological polar surface area (TPSA) is 85.6 Å². The van der Waals surface area contributed by atoms with E-state index in [4.69, 9.17) is 5.10 Å². The van der Waals surface area contributed by atoms with Crippen LogP contribution in [0.25, 0.3) is 5.52 Å². The summed E-state index contributed by atoms with van der Waals surface area (Å²) in [4.78, 5) is 4.62. The summed E-state index contributed by atoms with van der Waals surface area (Å²) in [5, 5.41) is 28.6. The van der Waals surface area contributed by atoms with Crippen LogP contribution < -0.4 is 4.90 Å². The molecule has 2 aliphatic heterocycles. The first kappa shape index (κ1) is 20.6. The number of nitriles is 1. The number of β-amino-alcohol motifs (C(OH)–C–C–N with tert-alkyl or cyclic N) is 1. The number of nitrogens with zero attached hydrogens (tertiary/aromatic N) is 7. The van der Waals surface area contributed by atoms with Crippen LogP contribution in [0.5, 0.6) is 0 Å². The minimum Gasteiger partial charge on any atom is -0.392 e. The predicted octanol–water partition coefficient (Wildman–Crippen LogP) is 2.44. The van der Waals surface area contributed by atoms with Crippen LogP contribution in [-0.2, 0) is 19.4 Å². The van der Waals surface area contributed by atoms with Gasteiger partial charge in [-0.3, -0.25) is 9.58 Å². The number of hydrogen-bond donors (Lipinski definition) is 1. The summed E-state index contributed by atoms with van der Waals surface area (Å²) in [6.07, 6.45) is 4.68. The Hall–Kier alpha value is -2.96. The quantitative estimate of drug-likeness (QED) is 0.647. The average molecular weight is 450 g/mol. The summed E-state index contributed by atoms with van der Waals surface area (Å²) in [7, 11) is 0. The van der Waals surface area contributed by atoms with Crippen LogP contribution in [0.15, 0.2) is 18.3 Å². The maximum atomic E-state index is 14.7. The second-order valence-electron chi connectivity index (χ2n) is 10.1. The number of hydrogen-bond acceptors (Lipinski definition) is 6. The van der Waals surface area contributed by atoms with Crippen LogP contribution in [0, 0.1) is 17.1 Å². The summed E-state index contributed by atoms with van der Waals surface area (Å²) in [6, 6.07) is 5.77. The molecule has 0 aromatic carbocycles. The van der Waals surface area contributed by atoms with Crippen molar-refractivity contribution in [3.05, 3.63) is 46.8 Å². The highest BCUT2D eigenvalue weighted by Gasteiger charge is 2.42. The van der Waals surface area contributed by atoms with Crippen molar-refractivity contribution in [3.63, 3.8) is 0 Å². The number of pyridine rings is 1. The molecule has 33 heavy (non-hydrogen) atoms. The molecule has 1 aliphatic carbocycles. The van der Waals surface area contributed by atoms with Gasteiger partial charge in [-0.1, -0.05) is 0 Å². The molecule has 0 spiro atoms. The normalized spacial score (nSPS) is 27.5. The fourth-order valence-electron chi connectivity index (χ4n) is 6.08. The Morgan fingerprint density at radius 3 is 2.91 bits per heavy atom. The molecule has 6 rings (SSSR count). The molecule has 1 N–H and O–H groups in total. The molecule has 1 fully saturated rings. The number of rotatable bonds is 2. The number of halogens is 1. The summed E-state index contributed by atoms with van der Waals surface area (Å²) >= 11 is 0. The van der Waals surface area contributed by atoms with Crippen molar-refractivity contribution in [2.75, 3.05) is 24.5 Å². The highest BCUT2D eigenvalue weighted by atomic mass is 19.1. The Morgan fingerprint density at radius 2 is 2.15 bits per heavy atom. The highest BCUT2D eigenvalue weighted by Crippen LogP contribution is 2.39. The number of fused-ring (bicyclic) bond motifs is 4. The van der Waals surface area contributed by atoms with E-state index in [9.17, 15) is 14.8 Å². The van der Waals surface area contributed by atoms with E-state index in [2.05, 4.69) is 39.5 Å². The Balaban J connectivity index is 1.35. The summed E-state index contributed by atoms with van der Waals surface area (Å²) < 4.78 is 18.2. The van der Waals surface area contributed by atoms with E-state index >= 15 is 0 Å². The lowest BCUT2D eigenvalue weighted by Crippen LogP contribution is -2.49. The smallest absolute Gasteiger partial charge is 0.171 e. The van der Waals surface area contributed by atoms with Gasteiger partial charge < -0.3 is 10.0 Å². The standard InChI is InChI=1S/C24H28FN7O/c1-15-12-29(21-4-3-16(10-26)32-23(21)19(25)11-27-32)14-22-18-5-7-24(2,9-20(18)28-31(15)22)30-8-6-17(33)13-30/h3-4,11,15,17,33H,5-9,12-14H2,1-2H3/t15-,17?,24+/m1/s1. The van der Waals surface area contributed by atoms with Crippen molar-refractivity contribution >= 4 is 11.2 Å². The third-order valence-electron chi connectivity index (χ3n) is 7.88. The molecule has 3 aromatic heterocycles.